The van der Waals surface area contributed by atoms with Gasteiger partial charge in [-0.05, 0) is 54.1 Å². The van der Waals surface area contributed by atoms with Crippen LogP contribution in [0.25, 0.3) is 27.9 Å². The zero-order valence-corrected chi connectivity index (χ0v) is 19.1. The molecule has 0 N–H and O–H groups in total. The molecular formula is C25H16BrFN2O2S. The number of nitrogens with zero attached hydrogens (tertiary/aromatic N) is 2. The van der Waals surface area contributed by atoms with E-state index in [0.717, 1.165) is 26.3 Å². The second kappa shape index (κ2) is 8.76. The van der Waals surface area contributed by atoms with Crippen LogP contribution in [0.5, 0.6) is 0 Å². The molecule has 0 aliphatic heterocycles. The molecule has 4 nitrogen and oxygen atoms in total. The van der Waals surface area contributed by atoms with Gasteiger partial charge in [-0.15, -0.1) is 0 Å². The lowest BCUT2D eigenvalue weighted by Crippen LogP contribution is -2.02. The van der Waals surface area contributed by atoms with Crippen LogP contribution in [0.15, 0.2) is 104 Å². The molecule has 0 aliphatic rings. The van der Waals surface area contributed by atoms with E-state index >= 15 is 0 Å². The van der Waals surface area contributed by atoms with Crippen molar-refractivity contribution in [1.82, 2.24) is 9.55 Å². The van der Waals surface area contributed by atoms with E-state index in [0.29, 0.717) is 22.6 Å². The summed E-state index contributed by atoms with van der Waals surface area (Å²) in [6.45, 7) is 0. The average Bonchev–Trinajstić information content (AvgIpc) is 3.22. The van der Waals surface area contributed by atoms with Crippen molar-refractivity contribution in [2.24, 2.45) is 0 Å². The molecule has 0 radical (unpaired) electrons. The standard InChI is InChI=1S/C25H16BrFN2O2S/c26-18-7-11-20(12-8-18)29-14-22(21-13-17-3-1-2-4-23(17)31-24(21)30)28-25(29)32-15-16-5-9-19(27)10-6-16/h1-14H,15H2. The Hall–Kier alpha value is -3.16. The molecule has 158 valence electrons. The predicted molar refractivity (Wildman–Crippen MR) is 129 cm³/mol. The molecule has 0 amide bonds. The molecule has 0 atom stereocenters. The van der Waals surface area contributed by atoms with Gasteiger partial charge in [0.1, 0.15) is 11.4 Å². The van der Waals surface area contributed by atoms with Gasteiger partial charge in [-0.2, -0.15) is 0 Å². The first-order valence-electron chi connectivity index (χ1n) is 9.83. The molecule has 0 saturated carbocycles. The minimum Gasteiger partial charge on any atom is -0.422 e. The number of halogens is 2. The predicted octanol–water partition coefficient (Wildman–Crippen LogP) is 6.84. The minimum absolute atomic E-state index is 0.263. The van der Waals surface area contributed by atoms with Crippen LogP contribution in [0.4, 0.5) is 4.39 Å². The third-order valence-corrected chi connectivity index (χ3v) is 6.53. The van der Waals surface area contributed by atoms with Crippen LogP contribution in [0.3, 0.4) is 0 Å². The second-order valence-corrected chi connectivity index (χ2v) is 9.01. The van der Waals surface area contributed by atoms with E-state index in [1.54, 1.807) is 18.2 Å². The maximum absolute atomic E-state index is 13.2. The highest BCUT2D eigenvalue weighted by molar-refractivity contribution is 9.10. The lowest BCUT2D eigenvalue weighted by Gasteiger charge is -2.07. The molecule has 0 saturated heterocycles. The molecule has 5 rings (SSSR count). The van der Waals surface area contributed by atoms with Gasteiger partial charge in [-0.1, -0.05) is 58.0 Å². The quantitative estimate of drug-likeness (QED) is 0.193. The highest BCUT2D eigenvalue weighted by atomic mass is 79.9. The van der Waals surface area contributed by atoms with Crippen molar-refractivity contribution in [1.29, 1.82) is 0 Å². The molecule has 7 heteroatoms. The zero-order valence-electron chi connectivity index (χ0n) is 16.7. The SMILES string of the molecule is O=c1oc2ccccc2cc1-c1cn(-c2ccc(Br)cc2)c(SCc2ccc(F)cc2)n1. The number of hydrogen-bond donors (Lipinski definition) is 0. The van der Waals surface area contributed by atoms with Gasteiger partial charge in [0.25, 0.3) is 0 Å². The second-order valence-electron chi connectivity index (χ2n) is 7.16. The molecule has 0 unspecified atom stereocenters. The van der Waals surface area contributed by atoms with Gasteiger partial charge in [0.15, 0.2) is 5.16 Å². The summed E-state index contributed by atoms with van der Waals surface area (Å²) in [5.41, 5.74) is 2.95. The fraction of sp³-hybridized carbons (Fsp3) is 0.0400. The number of para-hydroxylation sites is 1. The highest BCUT2D eigenvalue weighted by Crippen LogP contribution is 2.30. The largest absolute Gasteiger partial charge is 0.422 e. The minimum atomic E-state index is -0.431. The van der Waals surface area contributed by atoms with Gasteiger partial charge in [0.05, 0.1) is 11.3 Å². The summed E-state index contributed by atoms with van der Waals surface area (Å²) in [6, 6.07) is 23.5. The Labute approximate surface area is 195 Å². The molecular weight excluding hydrogens is 491 g/mol. The van der Waals surface area contributed by atoms with Crippen LogP contribution in [0.1, 0.15) is 5.56 Å². The summed E-state index contributed by atoms with van der Waals surface area (Å²) in [7, 11) is 0. The molecule has 0 fully saturated rings. The van der Waals surface area contributed by atoms with Crippen LogP contribution in [-0.4, -0.2) is 9.55 Å². The number of thioether (sulfide) groups is 1. The van der Waals surface area contributed by atoms with Crippen molar-refractivity contribution < 1.29 is 8.81 Å². The smallest absolute Gasteiger partial charge is 0.345 e. The van der Waals surface area contributed by atoms with Gasteiger partial charge >= 0.3 is 5.63 Å². The Bertz CT molecular complexity index is 1460. The Kier molecular flexibility index (Phi) is 5.68. The van der Waals surface area contributed by atoms with Crippen LogP contribution in [-0.2, 0) is 5.75 Å². The summed E-state index contributed by atoms with van der Waals surface area (Å²) >= 11 is 4.98. The van der Waals surface area contributed by atoms with Crippen molar-refractivity contribution in [3.05, 3.63) is 111 Å². The number of benzene rings is 3. The lowest BCUT2D eigenvalue weighted by atomic mass is 10.1. The van der Waals surface area contributed by atoms with Crippen LogP contribution < -0.4 is 5.63 Å². The summed E-state index contributed by atoms with van der Waals surface area (Å²) in [5.74, 6) is 0.347. The maximum Gasteiger partial charge on any atom is 0.345 e. The Morgan fingerprint density at radius 1 is 1.00 bits per heavy atom. The first kappa shape index (κ1) is 20.7. The van der Waals surface area contributed by atoms with E-state index in [-0.39, 0.29) is 5.82 Å². The third kappa shape index (κ3) is 4.26. The summed E-state index contributed by atoms with van der Waals surface area (Å²) in [6.07, 6.45) is 1.84. The van der Waals surface area contributed by atoms with Gasteiger partial charge in [0, 0.05) is 27.5 Å². The first-order chi connectivity index (χ1) is 15.6. The summed E-state index contributed by atoms with van der Waals surface area (Å²) in [5, 5.41) is 1.56. The molecule has 32 heavy (non-hydrogen) atoms. The monoisotopic (exact) mass is 506 g/mol. The molecule has 2 aromatic heterocycles. The summed E-state index contributed by atoms with van der Waals surface area (Å²) in [4.78, 5) is 17.4. The van der Waals surface area contributed by atoms with Crippen LogP contribution in [0, 0.1) is 5.82 Å². The summed E-state index contributed by atoms with van der Waals surface area (Å²) < 4.78 is 21.7. The molecule has 5 aromatic rings. The highest BCUT2D eigenvalue weighted by Gasteiger charge is 2.16. The van der Waals surface area contributed by atoms with Crippen molar-refractivity contribution in [3.8, 4) is 16.9 Å². The van der Waals surface area contributed by atoms with E-state index in [4.69, 9.17) is 9.40 Å². The fourth-order valence-corrected chi connectivity index (χ4v) is 4.56. The van der Waals surface area contributed by atoms with Gasteiger partial charge in [-0.25, -0.2) is 14.2 Å². The normalized spacial score (nSPS) is 11.2. The average molecular weight is 507 g/mol. The van der Waals surface area contributed by atoms with Crippen LogP contribution >= 0.6 is 27.7 Å². The van der Waals surface area contributed by atoms with Gasteiger partial charge in [0.2, 0.25) is 0 Å². The number of fused-ring (bicyclic) bond motifs is 1. The number of aromatic nitrogens is 2. The first-order valence-corrected chi connectivity index (χ1v) is 11.6. The Morgan fingerprint density at radius 3 is 2.53 bits per heavy atom. The maximum atomic E-state index is 13.2. The number of hydrogen-bond acceptors (Lipinski definition) is 4. The number of rotatable bonds is 5. The Morgan fingerprint density at radius 2 is 1.75 bits per heavy atom. The van der Waals surface area contributed by atoms with Crippen LogP contribution in [0.2, 0.25) is 0 Å². The van der Waals surface area contributed by atoms with Crippen molar-refractivity contribution in [2.75, 3.05) is 0 Å². The van der Waals surface area contributed by atoms with E-state index in [1.807, 2.05) is 59.3 Å². The van der Waals surface area contributed by atoms with E-state index in [1.165, 1.54) is 23.9 Å². The number of imidazole rings is 1. The van der Waals surface area contributed by atoms with Crippen molar-refractivity contribution in [3.63, 3.8) is 0 Å². The van der Waals surface area contributed by atoms with E-state index in [9.17, 15) is 9.18 Å². The third-order valence-electron chi connectivity index (χ3n) is 4.98. The molecule has 3 aromatic carbocycles. The Balaban J connectivity index is 1.57. The molecule has 2 heterocycles. The fourth-order valence-electron chi connectivity index (χ4n) is 3.35. The molecule has 0 spiro atoms. The molecule has 0 bridgehead atoms. The van der Waals surface area contributed by atoms with E-state index < -0.39 is 5.63 Å². The molecule has 0 aliphatic carbocycles. The van der Waals surface area contributed by atoms with Crippen molar-refractivity contribution >= 4 is 38.7 Å². The van der Waals surface area contributed by atoms with Gasteiger partial charge < -0.3 is 4.42 Å². The van der Waals surface area contributed by atoms with Gasteiger partial charge in [-0.3, -0.25) is 4.57 Å². The topological polar surface area (TPSA) is 48.0 Å². The zero-order chi connectivity index (χ0) is 22.1. The van der Waals surface area contributed by atoms with Crippen molar-refractivity contribution in [2.45, 2.75) is 10.9 Å². The lowest BCUT2D eigenvalue weighted by molar-refractivity contribution is 0.563. The van der Waals surface area contributed by atoms with E-state index in [2.05, 4.69) is 15.9 Å².